The Kier molecular flexibility index (Phi) is 5.51. The van der Waals surface area contributed by atoms with E-state index in [9.17, 15) is 5.26 Å². The Labute approximate surface area is 276 Å². The quantitative estimate of drug-likeness (QED) is 0.198. The first-order valence-corrected chi connectivity index (χ1v) is 16.3. The van der Waals surface area contributed by atoms with E-state index in [4.69, 9.17) is 8.83 Å². The van der Waals surface area contributed by atoms with Gasteiger partial charge in [-0.2, -0.15) is 5.26 Å². The van der Waals surface area contributed by atoms with E-state index < -0.39 is 5.41 Å². The van der Waals surface area contributed by atoms with Crippen LogP contribution in [0.4, 0.5) is 0 Å². The normalized spacial score (nSPS) is 18.0. The fourth-order valence-corrected chi connectivity index (χ4v) is 7.93. The molecule has 10 rings (SSSR count). The number of hydrogen-bond donors (Lipinski definition) is 0. The van der Waals surface area contributed by atoms with Crippen molar-refractivity contribution in [3.63, 3.8) is 0 Å². The van der Waals surface area contributed by atoms with E-state index in [2.05, 4.69) is 138 Å². The molecule has 1 aliphatic carbocycles. The number of allylic oxidation sites excluding steroid dienone is 4. The summed E-state index contributed by atoms with van der Waals surface area (Å²) < 4.78 is 15.4. The van der Waals surface area contributed by atoms with Crippen LogP contribution in [-0.4, -0.2) is 4.57 Å². The molecule has 0 radical (unpaired) electrons. The van der Waals surface area contributed by atoms with Gasteiger partial charge < -0.3 is 13.4 Å². The molecule has 0 saturated heterocycles. The molecule has 2 unspecified atom stereocenters. The molecule has 0 fully saturated rings. The van der Waals surface area contributed by atoms with Gasteiger partial charge in [-0.3, -0.25) is 0 Å². The number of aromatic nitrogens is 1. The molecule has 0 amide bonds. The van der Waals surface area contributed by atoms with Gasteiger partial charge in [0.2, 0.25) is 0 Å². The molecule has 9 aromatic rings. The van der Waals surface area contributed by atoms with E-state index in [1.54, 1.807) is 0 Å². The van der Waals surface area contributed by atoms with Crippen LogP contribution in [0.5, 0.6) is 0 Å². The lowest BCUT2D eigenvalue weighted by Gasteiger charge is -2.36. The summed E-state index contributed by atoms with van der Waals surface area (Å²) in [5.41, 5.74) is 9.14. The van der Waals surface area contributed by atoms with Gasteiger partial charge in [0, 0.05) is 38.0 Å². The van der Waals surface area contributed by atoms with Gasteiger partial charge in [0.25, 0.3) is 0 Å². The predicted molar refractivity (Wildman–Crippen MR) is 196 cm³/mol. The molecule has 6 aromatic carbocycles. The molecule has 0 N–H and O–H groups in total. The van der Waals surface area contributed by atoms with Crippen molar-refractivity contribution in [3.05, 3.63) is 151 Å². The molecule has 2 atom stereocenters. The van der Waals surface area contributed by atoms with Crippen molar-refractivity contribution < 1.29 is 8.83 Å². The first-order valence-electron chi connectivity index (χ1n) is 16.3. The molecule has 3 aromatic heterocycles. The maximum atomic E-state index is 10.7. The second-order valence-corrected chi connectivity index (χ2v) is 13.0. The standard InChI is InChI=1S/C44H28N2O2/c1-44(26-45)23-9-14-30(43(44)46-36-15-7-5-12-31(36)32-13-6-8-16-37(32)46)29-18-21-39-35(25-29)41-40(47-39)22-19-33-34-24-28(27-10-3-2-4-11-27)17-20-38(34)48-42(33)41/h2-25,43H,1H3. The summed E-state index contributed by atoms with van der Waals surface area (Å²) >= 11 is 0. The Morgan fingerprint density at radius 2 is 1.25 bits per heavy atom. The molecular weight excluding hydrogens is 588 g/mol. The molecule has 0 spiro atoms. The Bertz CT molecular complexity index is 2820. The van der Waals surface area contributed by atoms with Crippen LogP contribution in [0, 0.1) is 16.7 Å². The molecule has 48 heavy (non-hydrogen) atoms. The Hall–Kier alpha value is -6.31. The minimum absolute atomic E-state index is 0.268. The van der Waals surface area contributed by atoms with E-state index in [-0.39, 0.29) is 6.04 Å². The first-order chi connectivity index (χ1) is 23.6. The van der Waals surface area contributed by atoms with Crippen LogP contribution in [-0.2, 0) is 0 Å². The molecule has 4 nitrogen and oxygen atoms in total. The van der Waals surface area contributed by atoms with Crippen LogP contribution >= 0.6 is 0 Å². The third-order valence-electron chi connectivity index (χ3n) is 10.2. The molecule has 1 aliphatic rings. The smallest absolute Gasteiger partial charge is 0.147 e. The number of nitrogens with zero attached hydrogens (tertiary/aromatic N) is 2. The third-order valence-corrected chi connectivity index (χ3v) is 10.2. The van der Waals surface area contributed by atoms with Crippen molar-refractivity contribution in [1.29, 1.82) is 5.26 Å². The fraction of sp³-hybridized carbons (Fsp3) is 0.0682. The lowest BCUT2D eigenvalue weighted by molar-refractivity contribution is 0.420. The van der Waals surface area contributed by atoms with Gasteiger partial charge in [0.1, 0.15) is 22.3 Å². The van der Waals surface area contributed by atoms with E-state index >= 15 is 0 Å². The molecular formula is C44H28N2O2. The Morgan fingerprint density at radius 1 is 0.604 bits per heavy atom. The average Bonchev–Trinajstić information content (AvgIpc) is 3.80. The van der Waals surface area contributed by atoms with Gasteiger partial charge in [-0.05, 0) is 77.7 Å². The zero-order chi connectivity index (χ0) is 32.0. The highest BCUT2D eigenvalue weighted by atomic mass is 16.3. The van der Waals surface area contributed by atoms with Gasteiger partial charge in [0.15, 0.2) is 0 Å². The Balaban J connectivity index is 1.20. The average molecular weight is 617 g/mol. The molecule has 0 bridgehead atoms. The van der Waals surface area contributed by atoms with E-state index in [0.717, 1.165) is 71.6 Å². The molecule has 3 heterocycles. The van der Waals surface area contributed by atoms with Gasteiger partial charge >= 0.3 is 0 Å². The number of rotatable bonds is 3. The van der Waals surface area contributed by atoms with E-state index in [1.807, 2.05) is 25.1 Å². The van der Waals surface area contributed by atoms with E-state index in [0.29, 0.717) is 0 Å². The monoisotopic (exact) mass is 616 g/mol. The molecule has 0 aliphatic heterocycles. The first kappa shape index (κ1) is 26.9. The van der Waals surface area contributed by atoms with Crippen LogP contribution in [0.2, 0.25) is 0 Å². The van der Waals surface area contributed by atoms with Gasteiger partial charge in [0.05, 0.1) is 22.9 Å². The minimum Gasteiger partial charge on any atom is -0.456 e. The third kappa shape index (κ3) is 3.70. The summed E-state index contributed by atoms with van der Waals surface area (Å²) in [4.78, 5) is 0. The van der Waals surface area contributed by atoms with Crippen LogP contribution in [0.15, 0.2) is 154 Å². The lowest BCUT2D eigenvalue weighted by atomic mass is 9.74. The van der Waals surface area contributed by atoms with Crippen LogP contribution < -0.4 is 0 Å². The van der Waals surface area contributed by atoms with Crippen LogP contribution in [0.3, 0.4) is 0 Å². The Morgan fingerprint density at radius 3 is 2.00 bits per heavy atom. The minimum atomic E-state index is -0.787. The fourth-order valence-electron chi connectivity index (χ4n) is 7.93. The van der Waals surface area contributed by atoms with Crippen molar-refractivity contribution in [1.82, 2.24) is 4.57 Å². The van der Waals surface area contributed by atoms with Gasteiger partial charge in [-0.1, -0.05) is 97.1 Å². The van der Waals surface area contributed by atoms with Gasteiger partial charge in [-0.25, -0.2) is 0 Å². The molecule has 226 valence electrons. The summed E-state index contributed by atoms with van der Waals surface area (Å²) in [6, 6.07) is 46.8. The predicted octanol–water partition coefficient (Wildman–Crippen LogP) is 12.0. The largest absolute Gasteiger partial charge is 0.456 e. The number of benzene rings is 6. The summed E-state index contributed by atoms with van der Waals surface area (Å²) in [7, 11) is 0. The van der Waals surface area contributed by atoms with E-state index in [1.165, 1.54) is 16.3 Å². The van der Waals surface area contributed by atoms with Gasteiger partial charge in [-0.15, -0.1) is 0 Å². The second-order valence-electron chi connectivity index (χ2n) is 13.0. The molecule has 0 saturated carbocycles. The SMILES string of the molecule is CC1(C#N)C=CC=C(c2ccc3oc4ccc5c6cc(-c7ccccc7)ccc6oc5c4c3c2)C1n1c2ccccc2c2ccccc21. The number of para-hydroxylation sites is 2. The summed E-state index contributed by atoms with van der Waals surface area (Å²) in [6.45, 7) is 2.04. The van der Waals surface area contributed by atoms with Crippen molar-refractivity contribution in [2.75, 3.05) is 0 Å². The van der Waals surface area contributed by atoms with Crippen molar-refractivity contribution in [3.8, 4) is 17.2 Å². The topological polar surface area (TPSA) is 55.0 Å². The number of nitriles is 1. The lowest BCUT2D eigenvalue weighted by Crippen LogP contribution is -2.29. The molecule has 4 heteroatoms. The van der Waals surface area contributed by atoms with Crippen LogP contribution in [0.25, 0.3) is 82.4 Å². The summed E-state index contributed by atoms with van der Waals surface area (Å²) in [6.07, 6.45) is 6.24. The highest BCUT2D eigenvalue weighted by Crippen LogP contribution is 2.50. The van der Waals surface area contributed by atoms with Crippen molar-refractivity contribution in [2.45, 2.75) is 13.0 Å². The number of fused-ring (bicyclic) bond motifs is 10. The van der Waals surface area contributed by atoms with Crippen LogP contribution in [0.1, 0.15) is 18.5 Å². The second kappa shape index (κ2) is 9.84. The van der Waals surface area contributed by atoms with Crippen molar-refractivity contribution in [2.24, 2.45) is 5.41 Å². The maximum absolute atomic E-state index is 10.7. The van der Waals surface area contributed by atoms with Crippen molar-refractivity contribution >= 4 is 71.3 Å². The maximum Gasteiger partial charge on any atom is 0.147 e. The highest BCUT2D eigenvalue weighted by Gasteiger charge is 2.40. The number of furan rings is 2. The number of hydrogen-bond acceptors (Lipinski definition) is 3. The zero-order valence-corrected chi connectivity index (χ0v) is 26.1. The zero-order valence-electron chi connectivity index (χ0n) is 26.1. The highest BCUT2D eigenvalue weighted by molar-refractivity contribution is 6.22. The summed E-state index contributed by atoms with van der Waals surface area (Å²) in [5, 5.41) is 17.2. The summed E-state index contributed by atoms with van der Waals surface area (Å²) in [5.74, 6) is 0.